The van der Waals surface area contributed by atoms with E-state index in [4.69, 9.17) is 9.63 Å². The Labute approximate surface area is 116 Å². The summed E-state index contributed by atoms with van der Waals surface area (Å²) in [5.41, 5.74) is 0. The number of hydrogen-bond donors (Lipinski definition) is 2. The maximum Gasteiger partial charge on any atom is 0.317 e. The van der Waals surface area contributed by atoms with E-state index in [1.54, 1.807) is 17.9 Å². The molecule has 2 rings (SSSR count). The first-order valence-electron chi connectivity index (χ1n) is 6.73. The average Bonchev–Trinajstić information content (AvgIpc) is 2.99. The first-order valence-corrected chi connectivity index (χ1v) is 6.73. The summed E-state index contributed by atoms with van der Waals surface area (Å²) in [6, 6.07) is 1.80. The van der Waals surface area contributed by atoms with Crippen LogP contribution in [-0.4, -0.2) is 46.2 Å². The summed E-state index contributed by atoms with van der Waals surface area (Å²) in [6.45, 7) is 1.68. The lowest BCUT2D eigenvalue weighted by Crippen LogP contribution is -2.42. The van der Waals surface area contributed by atoms with Gasteiger partial charge in [0.2, 0.25) is 5.91 Å². The van der Waals surface area contributed by atoms with Gasteiger partial charge >= 0.3 is 5.97 Å². The molecule has 1 aliphatic carbocycles. The Bertz CT molecular complexity index is 480. The highest BCUT2D eigenvalue weighted by molar-refractivity contribution is 5.91. The van der Waals surface area contributed by atoms with Gasteiger partial charge in [-0.15, -0.1) is 0 Å². The summed E-state index contributed by atoms with van der Waals surface area (Å²) in [5, 5.41) is 15.2. The molecular weight excluding hydrogens is 262 g/mol. The Balaban J connectivity index is 1.92. The van der Waals surface area contributed by atoms with Crippen molar-refractivity contribution >= 4 is 17.7 Å². The highest BCUT2D eigenvalue weighted by Crippen LogP contribution is 2.23. The van der Waals surface area contributed by atoms with Crippen molar-refractivity contribution in [2.75, 3.05) is 18.4 Å². The number of carbonyl (C=O) groups is 2. The lowest BCUT2D eigenvalue weighted by molar-refractivity contribution is -0.139. The van der Waals surface area contributed by atoms with Crippen LogP contribution in [0.15, 0.2) is 10.6 Å². The first-order chi connectivity index (χ1) is 9.54. The van der Waals surface area contributed by atoms with Gasteiger partial charge in [-0.3, -0.25) is 14.5 Å². The van der Waals surface area contributed by atoms with Crippen LogP contribution in [0.25, 0.3) is 0 Å². The summed E-state index contributed by atoms with van der Waals surface area (Å²) in [6.07, 6.45) is 4.07. The van der Waals surface area contributed by atoms with Gasteiger partial charge in [-0.2, -0.15) is 0 Å². The fourth-order valence-electron chi connectivity index (χ4n) is 2.55. The number of aromatic nitrogens is 1. The third-order valence-corrected chi connectivity index (χ3v) is 3.42. The number of aryl methyl sites for hydroxylation is 1. The number of anilines is 1. The average molecular weight is 281 g/mol. The van der Waals surface area contributed by atoms with Crippen LogP contribution < -0.4 is 5.32 Å². The molecule has 0 radical (unpaired) electrons. The van der Waals surface area contributed by atoms with Gasteiger partial charge in [-0.25, -0.2) is 0 Å². The fourth-order valence-corrected chi connectivity index (χ4v) is 2.55. The summed E-state index contributed by atoms with van der Waals surface area (Å²) < 4.78 is 4.86. The number of carboxylic acid groups (broad SMARTS) is 1. The van der Waals surface area contributed by atoms with Crippen LogP contribution in [0.3, 0.4) is 0 Å². The number of rotatable bonds is 6. The molecule has 0 aliphatic heterocycles. The molecular formula is C13H19N3O4. The van der Waals surface area contributed by atoms with Crippen molar-refractivity contribution in [1.29, 1.82) is 0 Å². The quantitative estimate of drug-likeness (QED) is 0.814. The van der Waals surface area contributed by atoms with Crippen molar-refractivity contribution in [3.63, 3.8) is 0 Å². The van der Waals surface area contributed by atoms with Gasteiger partial charge in [0.05, 0.1) is 13.1 Å². The van der Waals surface area contributed by atoms with Gasteiger partial charge in [0.25, 0.3) is 0 Å². The molecule has 1 amide bonds. The van der Waals surface area contributed by atoms with Crippen molar-refractivity contribution < 1.29 is 19.2 Å². The van der Waals surface area contributed by atoms with Crippen LogP contribution in [0.4, 0.5) is 5.82 Å². The standard InChI is InChI=1S/C13H19N3O4/c1-9-6-11(15-20-9)14-12(17)7-16(8-13(18)19)10-4-2-3-5-10/h6,10H,2-5,7-8H2,1H3,(H,18,19)(H,14,15,17). The minimum absolute atomic E-state index is 0.0584. The van der Waals surface area contributed by atoms with Crippen LogP contribution in [0.1, 0.15) is 31.4 Å². The van der Waals surface area contributed by atoms with Gasteiger partial charge in [0.1, 0.15) is 5.76 Å². The van der Waals surface area contributed by atoms with E-state index in [-0.39, 0.29) is 25.0 Å². The molecule has 0 aromatic carbocycles. The molecule has 0 unspecified atom stereocenters. The van der Waals surface area contributed by atoms with Gasteiger partial charge in [-0.05, 0) is 19.8 Å². The predicted molar refractivity (Wildman–Crippen MR) is 71.3 cm³/mol. The van der Waals surface area contributed by atoms with Crippen molar-refractivity contribution in [2.45, 2.75) is 38.6 Å². The van der Waals surface area contributed by atoms with Crippen molar-refractivity contribution in [2.24, 2.45) is 0 Å². The smallest absolute Gasteiger partial charge is 0.317 e. The number of aliphatic carboxylic acids is 1. The van der Waals surface area contributed by atoms with Gasteiger partial charge < -0.3 is 14.9 Å². The van der Waals surface area contributed by atoms with Crippen molar-refractivity contribution in [3.05, 3.63) is 11.8 Å². The molecule has 110 valence electrons. The Morgan fingerprint density at radius 1 is 1.45 bits per heavy atom. The van der Waals surface area contributed by atoms with Crippen LogP contribution in [-0.2, 0) is 9.59 Å². The first kappa shape index (κ1) is 14.5. The summed E-state index contributed by atoms with van der Waals surface area (Å²) in [4.78, 5) is 24.6. The second-order valence-electron chi connectivity index (χ2n) is 5.11. The maximum absolute atomic E-state index is 11.9. The van der Waals surface area contributed by atoms with Crippen LogP contribution in [0, 0.1) is 6.92 Å². The van der Waals surface area contributed by atoms with E-state index in [2.05, 4.69) is 10.5 Å². The molecule has 0 bridgehead atoms. The predicted octanol–water partition coefficient (Wildman–Crippen LogP) is 1.25. The van der Waals surface area contributed by atoms with Gasteiger partial charge in [0.15, 0.2) is 5.82 Å². The minimum atomic E-state index is -0.915. The third kappa shape index (κ3) is 4.06. The monoisotopic (exact) mass is 281 g/mol. The number of hydrogen-bond acceptors (Lipinski definition) is 5. The van der Waals surface area contributed by atoms with E-state index in [1.165, 1.54) is 0 Å². The van der Waals surface area contributed by atoms with Crippen molar-refractivity contribution in [1.82, 2.24) is 10.1 Å². The summed E-state index contributed by atoms with van der Waals surface area (Å²) in [5.74, 6) is -0.221. The maximum atomic E-state index is 11.9. The lowest BCUT2D eigenvalue weighted by atomic mass is 10.2. The van der Waals surface area contributed by atoms with Crippen LogP contribution in [0.5, 0.6) is 0 Å². The molecule has 7 nitrogen and oxygen atoms in total. The Kier molecular flexibility index (Phi) is 4.73. The molecule has 20 heavy (non-hydrogen) atoms. The molecule has 1 aliphatic rings. The van der Waals surface area contributed by atoms with Crippen LogP contribution in [0.2, 0.25) is 0 Å². The molecule has 0 atom stereocenters. The molecule has 1 aromatic heterocycles. The number of nitrogens with zero attached hydrogens (tertiary/aromatic N) is 2. The fraction of sp³-hybridized carbons (Fsp3) is 0.615. The van der Waals surface area contributed by atoms with Gasteiger partial charge in [-0.1, -0.05) is 18.0 Å². The lowest BCUT2D eigenvalue weighted by Gasteiger charge is -2.26. The molecule has 1 aromatic rings. The molecule has 2 N–H and O–H groups in total. The van der Waals surface area contributed by atoms with Gasteiger partial charge in [0, 0.05) is 12.1 Å². The van der Waals surface area contributed by atoms with Crippen LogP contribution >= 0.6 is 0 Å². The molecule has 0 saturated heterocycles. The topological polar surface area (TPSA) is 95.7 Å². The second-order valence-corrected chi connectivity index (χ2v) is 5.11. The van der Waals surface area contributed by atoms with E-state index in [0.29, 0.717) is 11.6 Å². The summed E-state index contributed by atoms with van der Waals surface area (Å²) >= 11 is 0. The molecule has 0 spiro atoms. The van der Waals surface area contributed by atoms with Crippen molar-refractivity contribution in [3.8, 4) is 0 Å². The SMILES string of the molecule is Cc1cc(NC(=O)CN(CC(=O)O)C2CCCC2)no1. The number of carboxylic acids is 1. The zero-order valence-corrected chi connectivity index (χ0v) is 11.5. The summed E-state index contributed by atoms with van der Waals surface area (Å²) in [7, 11) is 0. The Hall–Kier alpha value is -1.89. The van der Waals surface area contributed by atoms with E-state index >= 15 is 0 Å². The minimum Gasteiger partial charge on any atom is -0.480 e. The number of carbonyl (C=O) groups excluding carboxylic acids is 1. The zero-order chi connectivity index (χ0) is 14.5. The second kappa shape index (κ2) is 6.51. The largest absolute Gasteiger partial charge is 0.480 e. The Morgan fingerprint density at radius 2 is 2.15 bits per heavy atom. The van der Waals surface area contributed by atoms with E-state index in [0.717, 1.165) is 25.7 Å². The third-order valence-electron chi connectivity index (χ3n) is 3.42. The molecule has 1 fully saturated rings. The van der Waals surface area contributed by atoms with E-state index in [1.807, 2.05) is 0 Å². The molecule has 1 saturated carbocycles. The molecule has 7 heteroatoms. The van der Waals surface area contributed by atoms with E-state index < -0.39 is 5.97 Å². The van der Waals surface area contributed by atoms with E-state index in [9.17, 15) is 9.59 Å². The normalized spacial score (nSPS) is 15.7. The number of amides is 1. The zero-order valence-electron chi connectivity index (χ0n) is 11.5. The Morgan fingerprint density at radius 3 is 2.70 bits per heavy atom. The number of nitrogens with one attached hydrogen (secondary N) is 1. The highest BCUT2D eigenvalue weighted by atomic mass is 16.5. The molecule has 1 heterocycles. The highest BCUT2D eigenvalue weighted by Gasteiger charge is 2.26.